The average molecular weight is 388 g/mol. The molecule has 142 valence electrons. The van der Waals surface area contributed by atoms with E-state index in [1.807, 2.05) is 0 Å². The third-order valence-corrected chi connectivity index (χ3v) is 5.77. The second-order valence-corrected chi connectivity index (χ2v) is 7.66. The molecule has 0 spiro atoms. The van der Waals surface area contributed by atoms with Crippen molar-refractivity contribution in [3.63, 3.8) is 0 Å². The summed E-state index contributed by atoms with van der Waals surface area (Å²) in [6, 6.07) is 5.25. The molecule has 1 aromatic heterocycles. The van der Waals surface area contributed by atoms with Crippen molar-refractivity contribution in [3.05, 3.63) is 23.2 Å². The fourth-order valence-corrected chi connectivity index (χ4v) is 4.03. The molecule has 27 heavy (non-hydrogen) atoms. The maximum absolute atomic E-state index is 12.6. The predicted octanol–water partition coefficient (Wildman–Crippen LogP) is 2.42. The van der Waals surface area contributed by atoms with Crippen LogP contribution in [0.3, 0.4) is 0 Å². The molecule has 1 aliphatic carbocycles. The third kappa shape index (κ3) is 3.59. The van der Waals surface area contributed by atoms with Crippen LogP contribution in [-0.2, 0) is 9.59 Å². The minimum absolute atomic E-state index is 0.116. The van der Waals surface area contributed by atoms with Gasteiger partial charge in [-0.3, -0.25) is 9.59 Å². The van der Waals surface area contributed by atoms with Crippen LogP contribution in [-0.4, -0.2) is 42.8 Å². The Bertz CT molecular complexity index is 880. The lowest BCUT2D eigenvalue weighted by atomic mass is 10.1. The first kappa shape index (κ1) is 17.7. The fraction of sp³-hybridized carbons (Fsp3) is 0.444. The van der Waals surface area contributed by atoms with Crippen LogP contribution in [0.1, 0.15) is 30.2 Å². The van der Waals surface area contributed by atoms with E-state index in [1.54, 1.807) is 30.2 Å². The van der Waals surface area contributed by atoms with Crippen molar-refractivity contribution >= 4 is 34.0 Å². The van der Waals surface area contributed by atoms with Crippen molar-refractivity contribution in [2.75, 3.05) is 31.0 Å². The standard InChI is InChI=1S/C18H20N4O4S/c1-25-12-5-6-13(14(8-12)26-2)22-9-11(7-15(22)23)16(24)19-18-21-20-17(27-18)10-3-4-10/h5-6,8,10-11H,3-4,7,9H2,1-2H3,(H,19,21,24)/t11-/m0/s1. The quantitative estimate of drug-likeness (QED) is 0.817. The largest absolute Gasteiger partial charge is 0.497 e. The SMILES string of the molecule is COc1ccc(N2C[C@@H](C(=O)Nc3nnc(C4CC4)s3)CC2=O)c(OC)c1. The van der Waals surface area contributed by atoms with Gasteiger partial charge in [0.2, 0.25) is 16.9 Å². The Hall–Kier alpha value is -2.68. The van der Waals surface area contributed by atoms with Gasteiger partial charge in [0.15, 0.2) is 0 Å². The first-order valence-electron chi connectivity index (χ1n) is 8.75. The fourth-order valence-electron chi connectivity index (χ4n) is 3.11. The van der Waals surface area contributed by atoms with Crippen LogP contribution in [0.5, 0.6) is 11.5 Å². The van der Waals surface area contributed by atoms with Gasteiger partial charge in [0.05, 0.1) is 25.8 Å². The van der Waals surface area contributed by atoms with Crippen LogP contribution in [0, 0.1) is 5.92 Å². The number of ether oxygens (including phenoxy) is 2. The first-order chi connectivity index (χ1) is 13.1. The van der Waals surface area contributed by atoms with Crippen molar-refractivity contribution in [2.45, 2.75) is 25.2 Å². The van der Waals surface area contributed by atoms with E-state index in [2.05, 4.69) is 15.5 Å². The third-order valence-electron chi connectivity index (χ3n) is 4.77. The number of methoxy groups -OCH3 is 2. The molecule has 0 radical (unpaired) electrons. The number of rotatable bonds is 6. The highest BCUT2D eigenvalue weighted by Gasteiger charge is 2.37. The summed E-state index contributed by atoms with van der Waals surface area (Å²) in [6.45, 7) is 0.293. The Morgan fingerprint density at radius 3 is 2.78 bits per heavy atom. The molecule has 2 fully saturated rings. The molecule has 1 N–H and O–H groups in total. The summed E-state index contributed by atoms with van der Waals surface area (Å²) in [6.07, 6.45) is 2.42. The summed E-state index contributed by atoms with van der Waals surface area (Å²) in [5.74, 6) is 0.893. The Morgan fingerprint density at radius 2 is 2.07 bits per heavy atom. The van der Waals surface area contributed by atoms with Gasteiger partial charge in [0, 0.05) is 24.9 Å². The Morgan fingerprint density at radius 1 is 1.26 bits per heavy atom. The molecule has 2 amide bonds. The number of nitrogens with zero attached hydrogens (tertiary/aromatic N) is 3. The molecule has 9 heteroatoms. The van der Waals surface area contributed by atoms with Gasteiger partial charge in [-0.2, -0.15) is 0 Å². The number of carbonyl (C=O) groups excluding carboxylic acids is 2. The zero-order chi connectivity index (χ0) is 19.0. The van der Waals surface area contributed by atoms with Gasteiger partial charge in [0.25, 0.3) is 0 Å². The van der Waals surface area contributed by atoms with Crippen molar-refractivity contribution < 1.29 is 19.1 Å². The highest BCUT2D eigenvalue weighted by molar-refractivity contribution is 7.15. The van der Waals surface area contributed by atoms with E-state index in [0.717, 1.165) is 17.8 Å². The molecule has 2 heterocycles. The van der Waals surface area contributed by atoms with Crippen LogP contribution in [0.25, 0.3) is 0 Å². The summed E-state index contributed by atoms with van der Waals surface area (Å²) in [4.78, 5) is 26.7. The van der Waals surface area contributed by atoms with E-state index >= 15 is 0 Å². The van der Waals surface area contributed by atoms with Crippen LogP contribution in [0.2, 0.25) is 0 Å². The van der Waals surface area contributed by atoms with Crippen molar-refractivity contribution in [1.82, 2.24) is 10.2 Å². The van der Waals surface area contributed by atoms with Gasteiger partial charge in [-0.25, -0.2) is 0 Å². The average Bonchev–Trinajstić information content (AvgIpc) is 3.31. The van der Waals surface area contributed by atoms with E-state index in [4.69, 9.17) is 9.47 Å². The monoisotopic (exact) mass is 388 g/mol. The van der Waals surface area contributed by atoms with E-state index in [-0.39, 0.29) is 18.2 Å². The second-order valence-electron chi connectivity index (χ2n) is 6.65. The summed E-state index contributed by atoms with van der Waals surface area (Å²) in [7, 11) is 3.11. The number of carbonyl (C=O) groups is 2. The lowest BCUT2D eigenvalue weighted by Gasteiger charge is -2.20. The molecule has 2 aliphatic rings. The van der Waals surface area contributed by atoms with Crippen molar-refractivity contribution in [1.29, 1.82) is 0 Å². The number of amides is 2. The summed E-state index contributed by atoms with van der Waals surface area (Å²) in [5.41, 5.74) is 0.630. The van der Waals surface area contributed by atoms with Gasteiger partial charge in [0.1, 0.15) is 16.5 Å². The second kappa shape index (κ2) is 7.15. The number of anilines is 2. The first-order valence-corrected chi connectivity index (χ1v) is 9.57. The van der Waals surface area contributed by atoms with E-state index in [1.165, 1.54) is 18.4 Å². The van der Waals surface area contributed by atoms with Gasteiger partial charge >= 0.3 is 0 Å². The van der Waals surface area contributed by atoms with Crippen LogP contribution in [0.4, 0.5) is 10.8 Å². The molecule has 0 bridgehead atoms. The van der Waals surface area contributed by atoms with Gasteiger partial charge in [-0.05, 0) is 25.0 Å². The molecular formula is C18H20N4O4S. The summed E-state index contributed by atoms with van der Waals surface area (Å²) < 4.78 is 10.6. The lowest BCUT2D eigenvalue weighted by Crippen LogP contribution is -2.28. The number of hydrogen-bond donors (Lipinski definition) is 1. The Kier molecular flexibility index (Phi) is 4.69. The molecular weight excluding hydrogens is 368 g/mol. The molecule has 8 nitrogen and oxygen atoms in total. The zero-order valence-electron chi connectivity index (χ0n) is 15.1. The molecule has 1 saturated carbocycles. The highest BCUT2D eigenvalue weighted by Crippen LogP contribution is 2.42. The Balaban J connectivity index is 1.45. The minimum Gasteiger partial charge on any atom is -0.497 e. The summed E-state index contributed by atoms with van der Waals surface area (Å²) >= 11 is 1.41. The zero-order valence-corrected chi connectivity index (χ0v) is 15.9. The van der Waals surface area contributed by atoms with E-state index < -0.39 is 5.92 Å². The molecule has 0 unspecified atom stereocenters. The molecule has 2 aromatic rings. The highest BCUT2D eigenvalue weighted by atomic mass is 32.1. The minimum atomic E-state index is -0.447. The van der Waals surface area contributed by atoms with Gasteiger partial charge in [-0.15, -0.1) is 10.2 Å². The number of aromatic nitrogens is 2. The molecule has 4 rings (SSSR count). The Labute approximate surface area is 160 Å². The van der Waals surface area contributed by atoms with Crippen LogP contribution in [0.15, 0.2) is 18.2 Å². The number of nitrogens with one attached hydrogen (secondary N) is 1. The normalized spacial score (nSPS) is 19.3. The summed E-state index contributed by atoms with van der Waals surface area (Å²) in [5, 5.41) is 12.4. The number of hydrogen-bond acceptors (Lipinski definition) is 7. The molecule has 1 saturated heterocycles. The molecule has 1 aromatic carbocycles. The number of benzene rings is 1. The lowest BCUT2D eigenvalue weighted by molar-refractivity contribution is -0.122. The van der Waals surface area contributed by atoms with Crippen LogP contribution < -0.4 is 19.7 Å². The maximum Gasteiger partial charge on any atom is 0.231 e. The maximum atomic E-state index is 12.6. The van der Waals surface area contributed by atoms with E-state index in [9.17, 15) is 9.59 Å². The van der Waals surface area contributed by atoms with Gasteiger partial charge in [-0.1, -0.05) is 11.3 Å². The van der Waals surface area contributed by atoms with E-state index in [0.29, 0.717) is 34.8 Å². The predicted molar refractivity (Wildman–Crippen MR) is 101 cm³/mol. The molecule has 1 atom stereocenters. The van der Waals surface area contributed by atoms with Crippen molar-refractivity contribution in [2.24, 2.45) is 5.92 Å². The van der Waals surface area contributed by atoms with Gasteiger partial charge < -0.3 is 19.7 Å². The van der Waals surface area contributed by atoms with Crippen LogP contribution >= 0.6 is 11.3 Å². The smallest absolute Gasteiger partial charge is 0.231 e. The molecule has 1 aliphatic heterocycles. The van der Waals surface area contributed by atoms with Crippen molar-refractivity contribution in [3.8, 4) is 11.5 Å². The topological polar surface area (TPSA) is 93.6 Å².